The van der Waals surface area contributed by atoms with Crippen molar-refractivity contribution in [3.8, 4) is 39.3 Å². The van der Waals surface area contributed by atoms with Crippen LogP contribution in [0.1, 0.15) is 11.3 Å². The molecular weight excluding hydrogens is 512 g/mol. The fourth-order valence-electron chi connectivity index (χ4n) is 5.05. The zero-order valence-electron chi connectivity index (χ0n) is 24.5. The molecule has 0 radical (unpaired) electrons. The molecular formula is C33H36N6O2. The Morgan fingerprint density at radius 3 is 2.46 bits per heavy atom. The molecule has 3 heterocycles. The molecule has 1 N–H and O–H groups in total. The second-order valence-corrected chi connectivity index (χ2v) is 10.5. The number of fused-ring (bicyclic) bond motifs is 1. The quantitative estimate of drug-likeness (QED) is 0.229. The van der Waals surface area contributed by atoms with Crippen LogP contribution in [0.5, 0.6) is 5.75 Å². The van der Waals surface area contributed by atoms with Gasteiger partial charge in [0.15, 0.2) is 0 Å². The molecule has 41 heavy (non-hydrogen) atoms. The number of pyridine rings is 1. The second-order valence-electron chi connectivity index (χ2n) is 10.5. The van der Waals surface area contributed by atoms with Crippen LogP contribution >= 0.6 is 0 Å². The zero-order valence-corrected chi connectivity index (χ0v) is 24.5. The third kappa shape index (κ3) is 5.38. The lowest BCUT2D eigenvalue weighted by Crippen LogP contribution is -2.23. The molecule has 0 atom stereocenters. The highest BCUT2D eigenvalue weighted by Crippen LogP contribution is 2.42. The summed E-state index contributed by atoms with van der Waals surface area (Å²) >= 11 is 0. The molecule has 0 saturated heterocycles. The third-order valence-electron chi connectivity index (χ3n) is 7.58. The lowest BCUT2D eigenvalue weighted by atomic mass is 9.93. The van der Waals surface area contributed by atoms with Crippen LogP contribution < -0.4 is 9.64 Å². The van der Waals surface area contributed by atoms with E-state index in [2.05, 4.69) is 53.6 Å². The van der Waals surface area contributed by atoms with Gasteiger partial charge in [-0.3, -0.25) is 9.48 Å². The molecule has 210 valence electrons. The highest BCUT2D eigenvalue weighted by atomic mass is 16.5. The third-order valence-corrected chi connectivity index (χ3v) is 7.58. The number of ether oxygens (including phenoxy) is 1. The molecule has 2 aromatic carbocycles. The number of aromatic nitrogens is 4. The molecule has 0 fully saturated rings. The Hall–Kier alpha value is -4.69. The number of likely N-dealkylation sites (N-methyl/N-ethyl adjacent to an activating group) is 2. The number of nitrogens with one attached hydrogen (secondary N) is 1. The first-order chi connectivity index (χ1) is 19.7. The van der Waals surface area contributed by atoms with E-state index in [1.165, 1.54) is 6.08 Å². The van der Waals surface area contributed by atoms with Gasteiger partial charge < -0.3 is 19.5 Å². The van der Waals surface area contributed by atoms with Gasteiger partial charge in [0.1, 0.15) is 18.0 Å². The Balaban J connectivity index is 1.69. The number of rotatable bonds is 9. The van der Waals surface area contributed by atoms with E-state index in [0.717, 1.165) is 73.8 Å². The molecule has 0 aliphatic heterocycles. The molecule has 0 spiro atoms. The fraction of sp³-hybridized carbons (Fsp3) is 0.242. The van der Waals surface area contributed by atoms with Crippen molar-refractivity contribution in [2.75, 3.05) is 39.2 Å². The monoisotopic (exact) mass is 548 g/mol. The Kier molecular flexibility index (Phi) is 7.77. The van der Waals surface area contributed by atoms with E-state index < -0.39 is 0 Å². The number of nitrogens with zero attached hydrogens (tertiary/aromatic N) is 5. The average Bonchev–Trinajstić information content (AvgIpc) is 3.53. The first-order valence-corrected chi connectivity index (χ1v) is 13.6. The minimum atomic E-state index is -0.168. The molecule has 0 aliphatic carbocycles. The minimum Gasteiger partial charge on any atom is -0.492 e. The summed E-state index contributed by atoms with van der Waals surface area (Å²) in [6.45, 7) is 9.30. The van der Waals surface area contributed by atoms with Gasteiger partial charge in [0.2, 0.25) is 5.91 Å². The lowest BCUT2D eigenvalue weighted by molar-refractivity contribution is -0.113. The Morgan fingerprint density at radius 2 is 1.80 bits per heavy atom. The Labute approximate surface area is 240 Å². The SMILES string of the molecule is C=CC(=O)N(C)c1cccc(-c2c(-c3ccc(OCCN(C)C)cc3)[nH]c3ncc(-c4cnn(C)c4C)c(C)c23)c1. The molecule has 8 heteroatoms. The molecule has 0 aliphatic rings. The van der Waals surface area contributed by atoms with Gasteiger partial charge in [0.05, 0.1) is 11.9 Å². The van der Waals surface area contributed by atoms with Crippen LogP contribution in [0, 0.1) is 13.8 Å². The summed E-state index contributed by atoms with van der Waals surface area (Å²) in [5.74, 6) is 0.654. The summed E-state index contributed by atoms with van der Waals surface area (Å²) in [5.41, 5.74) is 9.80. The van der Waals surface area contributed by atoms with E-state index in [4.69, 9.17) is 9.72 Å². The van der Waals surface area contributed by atoms with Gasteiger partial charge in [0, 0.05) is 60.3 Å². The predicted octanol–water partition coefficient (Wildman–Crippen LogP) is 6.00. The van der Waals surface area contributed by atoms with Crippen molar-refractivity contribution >= 4 is 22.6 Å². The maximum absolute atomic E-state index is 12.4. The van der Waals surface area contributed by atoms with E-state index >= 15 is 0 Å². The summed E-state index contributed by atoms with van der Waals surface area (Å²) < 4.78 is 7.81. The first kappa shape index (κ1) is 27.9. The summed E-state index contributed by atoms with van der Waals surface area (Å²) in [5, 5.41) is 5.49. The van der Waals surface area contributed by atoms with Crippen LogP contribution in [0.3, 0.4) is 0 Å². The van der Waals surface area contributed by atoms with Gasteiger partial charge in [-0.15, -0.1) is 0 Å². The molecule has 1 amide bonds. The van der Waals surface area contributed by atoms with Crippen LogP contribution in [0.15, 0.2) is 73.6 Å². The number of aryl methyl sites for hydroxylation is 2. The standard InChI is InChI=1S/C33H36N6O2/c1-8-29(40)38(6)25-11-9-10-24(18-25)31-30-21(2)27(28-20-35-39(7)22(28)3)19-34-33(30)36-32(31)23-12-14-26(15-13-23)41-17-16-37(4)5/h8-15,18-20H,1,16-17H2,2-7H3,(H,34,36). The van der Waals surface area contributed by atoms with E-state index in [0.29, 0.717) is 6.61 Å². The molecule has 0 bridgehead atoms. The molecule has 3 aromatic heterocycles. The molecule has 0 unspecified atom stereocenters. The average molecular weight is 549 g/mol. The van der Waals surface area contributed by atoms with E-state index in [1.54, 1.807) is 11.9 Å². The summed E-state index contributed by atoms with van der Waals surface area (Å²) in [6.07, 6.45) is 5.13. The largest absolute Gasteiger partial charge is 0.492 e. The van der Waals surface area contributed by atoms with Crippen LogP contribution in [-0.4, -0.2) is 64.9 Å². The van der Waals surface area contributed by atoms with Crippen molar-refractivity contribution in [2.45, 2.75) is 13.8 Å². The Bertz CT molecular complexity index is 1730. The van der Waals surface area contributed by atoms with Crippen LogP contribution in [0.4, 0.5) is 5.69 Å². The van der Waals surface area contributed by atoms with Gasteiger partial charge in [0.25, 0.3) is 0 Å². The summed E-state index contributed by atoms with van der Waals surface area (Å²) in [4.78, 5) is 24.6. The normalized spacial score (nSPS) is 11.3. The lowest BCUT2D eigenvalue weighted by Gasteiger charge is -2.17. The van der Waals surface area contributed by atoms with Crippen molar-refractivity contribution in [1.82, 2.24) is 24.6 Å². The smallest absolute Gasteiger partial charge is 0.250 e. The molecule has 5 aromatic rings. The van der Waals surface area contributed by atoms with Crippen LogP contribution in [0.2, 0.25) is 0 Å². The van der Waals surface area contributed by atoms with Gasteiger partial charge in [-0.05, 0) is 87.1 Å². The molecule has 8 nitrogen and oxygen atoms in total. The number of carbonyl (C=O) groups is 1. The highest BCUT2D eigenvalue weighted by Gasteiger charge is 2.22. The van der Waals surface area contributed by atoms with Crippen LogP contribution in [0.25, 0.3) is 44.5 Å². The van der Waals surface area contributed by atoms with Crippen molar-refractivity contribution in [2.24, 2.45) is 7.05 Å². The van der Waals surface area contributed by atoms with Crippen molar-refractivity contribution in [3.63, 3.8) is 0 Å². The van der Waals surface area contributed by atoms with Gasteiger partial charge in [-0.2, -0.15) is 5.10 Å². The van der Waals surface area contributed by atoms with Crippen molar-refractivity contribution in [1.29, 1.82) is 0 Å². The number of benzene rings is 2. The summed E-state index contributed by atoms with van der Waals surface area (Å²) in [7, 11) is 7.76. The zero-order chi connectivity index (χ0) is 29.3. The number of hydrogen-bond acceptors (Lipinski definition) is 5. The highest BCUT2D eigenvalue weighted by molar-refractivity contribution is 6.07. The summed E-state index contributed by atoms with van der Waals surface area (Å²) in [6, 6.07) is 16.1. The van der Waals surface area contributed by atoms with Crippen molar-refractivity contribution in [3.05, 3.63) is 84.8 Å². The number of anilines is 1. The number of carbonyl (C=O) groups excluding carboxylic acids is 1. The number of amides is 1. The minimum absolute atomic E-state index is 0.168. The maximum Gasteiger partial charge on any atom is 0.250 e. The van der Waals surface area contributed by atoms with E-state index in [-0.39, 0.29) is 5.91 Å². The number of H-pyrrole nitrogens is 1. The molecule has 0 saturated carbocycles. The number of aromatic amines is 1. The van der Waals surface area contributed by atoms with Gasteiger partial charge in [-0.1, -0.05) is 18.7 Å². The topological polar surface area (TPSA) is 79.3 Å². The Morgan fingerprint density at radius 1 is 1.05 bits per heavy atom. The van der Waals surface area contributed by atoms with E-state index in [1.807, 2.05) is 68.6 Å². The predicted molar refractivity (Wildman–Crippen MR) is 166 cm³/mol. The number of hydrogen-bond donors (Lipinski definition) is 1. The van der Waals surface area contributed by atoms with Crippen molar-refractivity contribution < 1.29 is 9.53 Å². The van der Waals surface area contributed by atoms with Crippen LogP contribution in [-0.2, 0) is 11.8 Å². The van der Waals surface area contributed by atoms with Gasteiger partial charge >= 0.3 is 0 Å². The fourth-order valence-corrected chi connectivity index (χ4v) is 5.05. The first-order valence-electron chi connectivity index (χ1n) is 13.6. The maximum atomic E-state index is 12.4. The van der Waals surface area contributed by atoms with Gasteiger partial charge in [-0.25, -0.2) is 4.98 Å². The second kappa shape index (κ2) is 11.4. The molecule has 5 rings (SSSR count). The van der Waals surface area contributed by atoms with E-state index in [9.17, 15) is 4.79 Å².